The minimum absolute atomic E-state index is 0.296. The van der Waals surface area contributed by atoms with Crippen molar-refractivity contribution in [1.29, 1.82) is 0 Å². The third-order valence-electron chi connectivity index (χ3n) is 4.63. The summed E-state index contributed by atoms with van der Waals surface area (Å²) < 4.78 is 0. The molecule has 1 fully saturated rings. The highest BCUT2D eigenvalue weighted by Gasteiger charge is 2.44. The fourth-order valence-corrected chi connectivity index (χ4v) is 3.59. The molecular formula is C16H34N2. The van der Waals surface area contributed by atoms with E-state index in [0.29, 0.717) is 17.0 Å². The second-order valence-corrected chi connectivity index (χ2v) is 7.16. The van der Waals surface area contributed by atoms with Gasteiger partial charge in [0.15, 0.2) is 0 Å². The summed E-state index contributed by atoms with van der Waals surface area (Å²) in [5, 5.41) is 3.84. The lowest BCUT2D eigenvalue weighted by Gasteiger charge is -2.50. The van der Waals surface area contributed by atoms with Gasteiger partial charge in [-0.1, -0.05) is 34.6 Å². The van der Waals surface area contributed by atoms with E-state index in [-0.39, 0.29) is 0 Å². The van der Waals surface area contributed by atoms with Crippen molar-refractivity contribution in [2.75, 3.05) is 19.6 Å². The Hall–Kier alpha value is -0.0800. The average molecular weight is 254 g/mol. The minimum Gasteiger partial charge on any atom is -0.312 e. The molecule has 0 aromatic heterocycles. The van der Waals surface area contributed by atoms with Gasteiger partial charge in [-0.2, -0.15) is 0 Å². The van der Waals surface area contributed by atoms with Crippen LogP contribution >= 0.6 is 0 Å². The van der Waals surface area contributed by atoms with Crippen molar-refractivity contribution in [1.82, 2.24) is 10.2 Å². The van der Waals surface area contributed by atoms with E-state index in [2.05, 4.69) is 51.8 Å². The molecule has 1 heterocycles. The van der Waals surface area contributed by atoms with Crippen LogP contribution in [0.1, 0.15) is 67.2 Å². The van der Waals surface area contributed by atoms with Crippen molar-refractivity contribution in [3.05, 3.63) is 0 Å². The molecule has 2 nitrogen and oxygen atoms in total. The summed E-state index contributed by atoms with van der Waals surface area (Å²) in [5.41, 5.74) is 0.604. The number of nitrogens with one attached hydrogen (secondary N) is 1. The molecule has 1 N–H and O–H groups in total. The smallest absolute Gasteiger partial charge is 0.0336 e. The van der Waals surface area contributed by atoms with Gasteiger partial charge in [0, 0.05) is 11.6 Å². The summed E-state index contributed by atoms with van der Waals surface area (Å²) in [7, 11) is 0. The summed E-state index contributed by atoms with van der Waals surface area (Å²) in [5.74, 6) is 0. The van der Waals surface area contributed by atoms with Gasteiger partial charge < -0.3 is 5.32 Å². The molecule has 0 aromatic rings. The molecule has 0 radical (unpaired) electrons. The Balaban J connectivity index is 2.90. The highest BCUT2D eigenvalue weighted by molar-refractivity contribution is 5.02. The van der Waals surface area contributed by atoms with Crippen LogP contribution in [0.3, 0.4) is 0 Å². The van der Waals surface area contributed by atoms with Crippen LogP contribution in [0.5, 0.6) is 0 Å². The second kappa shape index (κ2) is 6.38. The Labute approximate surface area is 115 Å². The molecule has 2 heteroatoms. The monoisotopic (exact) mass is 254 g/mol. The average Bonchev–Trinajstić information content (AvgIpc) is 2.81. The van der Waals surface area contributed by atoms with Crippen molar-refractivity contribution in [2.45, 2.75) is 78.8 Å². The van der Waals surface area contributed by atoms with Crippen LogP contribution in [0.25, 0.3) is 0 Å². The number of hydrogen-bond donors (Lipinski definition) is 1. The molecule has 2 atom stereocenters. The van der Waals surface area contributed by atoms with Gasteiger partial charge in [0.25, 0.3) is 0 Å². The maximum atomic E-state index is 3.84. The molecule has 0 aliphatic carbocycles. The van der Waals surface area contributed by atoms with Gasteiger partial charge in [-0.3, -0.25) is 4.90 Å². The maximum absolute atomic E-state index is 3.84. The second-order valence-electron chi connectivity index (χ2n) is 7.16. The molecule has 0 spiro atoms. The van der Waals surface area contributed by atoms with Crippen molar-refractivity contribution < 1.29 is 0 Å². The van der Waals surface area contributed by atoms with Gasteiger partial charge in [0.1, 0.15) is 0 Å². The van der Waals surface area contributed by atoms with Gasteiger partial charge in [0.2, 0.25) is 0 Å². The summed E-state index contributed by atoms with van der Waals surface area (Å²) in [6, 6.07) is 0.563. The molecule has 1 saturated heterocycles. The van der Waals surface area contributed by atoms with Gasteiger partial charge in [-0.15, -0.1) is 0 Å². The lowest BCUT2D eigenvalue weighted by molar-refractivity contribution is 0.0347. The first-order valence-electron chi connectivity index (χ1n) is 7.84. The fourth-order valence-electron chi connectivity index (χ4n) is 3.59. The molecule has 0 bridgehead atoms. The predicted octanol–water partition coefficient (Wildman–Crippen LogP) is 3.67. The largest absolute Gasteiger partial charge is 0.312 e. The summed E-state index contributed by atoms with van der Waals surface area (Å²) in [4.78, 5) is 2.73. The van der Waals surface area contributed by atoms with Gasteiger partial charge in [0.05, 0.1) is 0 Å². The third kappa shape index (κ3) is 3.48. The highest BCUT2D eigenvalue weighted by Crippen LogP contribution is 2.36. The van der Waals surface area contributed by atoms with Crippen molar-refractivity contribution in [3.63, 3.8) is 0 Å². The van der Waals surface area contributed by atoms with E-state index in [1.807, 2.05) is 0 Å². The van der Waals surface area contributed by atoms with Gasteiger partial charge in [-0.25, -0.2) is 0 Å². The standard InChI is InChI=1S/C16H34N2/c1-7-11-17-14(15(3,4)5)16(6,8-2)18-12-9-10-13-18/h14,17H,7-13H2,1-6H3. The van der Waals surface area contributed by atoms with Crippen molar-refractivity contribution in [2.24, 2.45) is 5.41 Å². The Morgan fingerprint density at radius 2 is 1.61 bits per heavy atom. The molecule has 108 valence electrons. The Bertz CT molecular complexity index is 238. The number of likely N-dealkylation sites (tertiary alicyclic amines) is 1. The summed E-state index contributed by atoms with van der Waals surface area (Å²) in [6.07, 6.45) is 5.19. The van der Waals surface area contributed by atoms with Crippen LogP contribution in [0.4, 0.5) is 0 Å². The SMILES string of the molecule is CCCNC(C(C)(C)C)C(C)(CC)N1CCCC1. The summed E-state index contributed by atoms with van der Waals surface area (Å²) in [6.45, 7) is 17.9. The van der Waals surface area contributed by atoms with E-state index in [0.717, 1.165) is 6.54 Å². The van der Waals surface area contributed by atoms with Crippen molar-refractivity contribution in [3.8, 4) is 0 Å². The Morgan fingerprint density at radius 3 is 2.00 bits per heavy atom. The predicted molar refractivity (Wildman–Crippen MR) is 81.0 cm³/mol. The van der Waals surface area contributed by atoms with E-state index in [4.69, 9.17) is 0 Å². The van der Waals surface area contributed by atoms with Gasteiger partial charge in [-0.05, 0) is 57.7 Å². The van der Waals surface area contributed by atoms with E-state index < -0.39 is 0 Å². The van der Waals surface area contributed by atoms with E-state index in [9.17, 15) is 0 Å². The molecule has 1 rings (SSSR count). The topological polar surface area (TPSA) is 15.3 Å². The normalized spacial score (nSPS) is 23.0. The minimum atomic E-state index is 0.296. The van der Waals surface area contributed by atoms with Gasteiger partial charge >= 0.3 is 0 Å². The number of hydrogen-bond acceptors (Lipinski definition) is 2. The Morgan fingerprint density at radius 1 is 1.06 bits per heavy atom. The Kier molecular flexibility index (Phi) is 5.67. The number of rotatable bonds is 6. The van der Waals surface area contributed by atoms with Crippen LogP contribution in [0.2, 0.25) is 0 Å². The zero-order valence-electron chi connectivity index (χ0n) is 13.5. The van der Waals surface area contributed by atoms with Crippen LogP contribution < -0.4 is 5.32 Å². The summed E-state index contributed by atoms with van der Waals surface area (Å²) >= 11 is 0. The molecular weight excluding hydrogens is 220 g/mol. The molecule has 18 heavy (non-hydrogen) atoms. The van der Waals surface area contributed by atoms with Crippen molar-refractivity contribution >= 4 is 0 Å². The highest BCUT2D eigenvalue weighted by atomic mass is 15.2. The van der Waals surface area contributed by atoms with Crippen LogP contribution in [0, 0.1) is 5.41 Å². The zero-order valence-corrected chi connectivity index (χ0v) is 13.5. The first-order chi connectivity index (χ1) is 8.36. The quantitative estimate of drug-likeness (QED) is 0.778. The molecule has 1 aliphatic heterocycles. The molecule has 0 amide bonds. The first-order valence-corrected chi connectivity index (χ1v) is 7.84. The van der Waals surface area contributed by atoms with E-state index in [1.165, 1.54) is 38.8 Å². The number of nitrogens with zero attached hydrogens (tertiary/aromatic N) is 1. The van der Waals surface area contributed by atoms with Crippen LogP contribution in [-0.2, 0) is 0 Å². The molecule has 2 unspecified atom stereocenters. The van der Waals surface area contributed by atoms with Crippen LogP contribution in [-0.4, -0.2) is 36.1 Å². The molecule has 0 saturated carbocycles. The lowest BCUT2D eigenvalue weighted by atomic mass is 9.72. The molecule has 0 aromatic carbocycles. The van der Waals surface area contributed by atoms with E-state index >= 15 is 0 Å². The zero-order chi connectivity index (χ0) is 13.8. The van der Waals surface area contributed by atoms with Crippen LogP contribution in [0.15, 0.2) is 0 Å². The lowest BCUT2D eigenvalue weighted by Crippen LogP contribution is -2.63. The van der Waals surface area contributed by atoms with E-state index in [1.54, 1.807) is 0 Å². The molecule has 1 aliphatic rings. The first kappa shape index (κ1) is 16.0. The third-order valence-corrected chi connectivity index (χ3v) is 4.63. The maximum Gasteiger partial charge on any atom is 0.0336 e. The fraction of sp³-hybridized carbons (Fsp3) is 1.00.